The Morgan fingerprint density at radius 1 is 1.64 bits per heavy atom. The zero-order valence-electron chi connectivity index (χ0n) is 7.68. The van der Waals surface area contributed by atoms with Crippen LogP contribution in [0.4, 0.5) is 0 Å². The Hall–Kier alpha value is -1.84. The molecule has 0 spiro atoms. The summed E-state index contributed by atoms with van der Waals surface area (Å²) in [6.07, 6.45) is 6.85. The largest absolute Gasteiger partial charge is 0.478 e. The molecule has 2 N–H and O–H groups in total. The Balaban J connectivity index is 2.19. The van der Waals surface area contributed by atoms with Crippen LogP contribution in [0.5, 0.6) is 0 Å². The number of hydrogen-bond donors (Lipinski definition) is 2. The number of rotatable bonds is 5. The molecule has 1 heterocycles. The van der Waals surface area contributed by atoms with Crippen LogP contribution in [0.1, 0.15) is 5.56 Å². The maximum absolute atomic E-state index is 10.1. The van der Waals surface area contributed by atoms with Crippen LogP contribution in [0, 0.1) is 0 Å². The molecular formula is C10H12N2O2. The fourth-order valence-corrected chi connectivity index (χ4v) is 0.976. The Kier molecular flexibility index (Phi) is 4.20. The predicted octanol–water partition coefficient (Wildman–Crippen LogP) is 0.812. The highest BCUT2D eigenvalue weighted by Crippen LogP contribution is 1.94. The normalized spacial score (nSPS) is 10.3. The van der Waals surface area contributed by atoms with Crippen LogP contribution in [0.3, 0.4) is 0 Å². The van der Waals surface area contributed by atoms with Gasteiger partial charge in [0, 0.05) is 31.2 Å². The molecule has 0 amide bonds. The summed E-state index contributed by atoms with van der Waals surface area (Å²) in [5, 5.41) is 11.2. The standard InChI is InChI=1S/C10H12N2O2/c13-10(14)4-7-11-6-3-9-2-1-5-12-8-9/h1-2,4-5,7-8,11H,3,6H2,(H,13,14)/b7-4+. The monoisotopic (exact) mass is 192 g/mol. The van der Waals surface area contributed by atoms with Crippen molar-refractivity contribution in [2.24, 2.45) is 0 Å². The van der Waals surface area contributed by atoms with Crippen LogP contribution in [-0.2, 0) is 11.2 Å². The summed E-state index contributed by atoms with van der Waals surface area (Å²) < 4.78 is 0. The van der Waals surface area contributed by atoms with Gasteiger partial charge in [0.1, 0.15) is 0 Å². The van der Waals surface area contributed by atoms with E-state index in [1.165, 1.54) is 6.20 Å². The van der Waals surface area contributed by atoms with Crippen LogP contribution in [-0.4, -0.2) is 22.6 Å². The number of aliphatic carboxylic acids is 1. The Morgan fingerprint density at radius 2 is 2.50 bits per heavy atom. The molecule has 0 aliphatic rings. The molecular weight excluding hydrogens is 180 g/mol. The van der Waals surface area contributed by atoms with Crippen molar-refractivity contribution < 1.29 is 9.90 Å². The van der Waals surface area contributed by atoms with E-state index in [-0.39, 0.29) is 0 Å². The average molecular weight is 192 g/mol. The summed E-state index contributed by atoms with van der Waals surface area (Å²) in [5.74, 6) is -0.945. The fraction of sp³-hybridized carbons (Fsp3) is 0.200. The van der Waals surface area contributed by atoms with Gasteiger partial charge in [0.15, 0.2) is 0 Å². The zero-order valence-corrected chi connectivity index (χ0v) is 7.68. The summed E-state index contributed by atoms with van der Waals surface area (Å²) in [5.41, 5.74) is 1.13. The molecule has 0 saturated heterocycles. The molecule has 0 radical (unpaired) electrons. The lowest BCUT2D eigenvalue weighted by Crippen LogP contribution is -2.10. The van der Waals surface area contributed by atoms with Gasteiger partial charge in [0.25, 0.3) is 0 Å². The third-order valence-electron chi connectivity index (χ3n) is 1.62. The molecule has 1 aromatic heterocycles. The molecule has 0 atom stereocenters. The van der Waals surface area contributed by atoms with E-state index < -0.39 is 5.97 Å². The van der Waals surface area contributed by atoms with Crippen molar-refractivity contribution in [2.75, 3.05) is 6.54 Å². The van der Waals surface area contributed by atoms with Gasteiger partial charge < -0.3 is 10.4 Å². The molecule has 14 heavy (non-hydrogen) atoms. The topological polar surface area (TPSA) is 62.2 Å². The number of carboxylic acids is 1. The lowest BCUT2D eigenvalue weighted by molar-refractivity contribution is -0.131. The van der Waals surface area contributed by atoms with E-state index in [9.17, 15) is 4.79 Å². The van der Waals surface area contributed by atoms with Crippen molar-refractivity contribution >= 4 is 5.97 Å². The maximum Gasteiger partial charge on any atom is 0.329 e. The van der Waals surface area contributed by atoms with E-state index in [4.69, 9.17) is 5.11 Å². The first-order chi connectivity index (χ1) is 6.79. The Morgan fingerprint density at radius 3 is 3.14 bits per heavy atom. The van der Waals surface area contributed by atoms with Crippen LogP contribution >= 0.6 is 0 Å². The van der Waals surface area contributed by atoms with Gasteiger partial charge in [0.05, 0.1) is 0 Å². The van der Waals surface area contributed by atoms with Crippen LogP contribution in [0.25, 0.3) is 0 Å². The van der Waals surface area contributed by atoms with Crippen LogP contribution in [0.2, 0.25) is 0 Å². The molecule has 74 valence electrons. The van der Waals surface area contributed by atoms with Crippen LogP contribution in [0.15, 0.2) is 36.8 Å². The highest BCUT2D eigenvalue weighted by Gasteiger charge is 1.89. The smallest absolute Gasteiger partial charge is 0.329 e. The zero-order chi connectivity index (χ0) is 10.2. The summed E-state index contributed by atoms with van der Waals surface area (Å²) in [6, 6.07) is 3.86. The minimum absolute atomic E-state index is 0.704. The third-order valence-corrected chi connectivity index (χ3v) is 1.62. The summed E-state index contributed by atoms with van der Waals surface area (Å²) in [7, 11) is 0. The SMILES string of the molecule is O=C(O)/C=C/NCCc1cccnc1. The van der Waals surface area contributed by atoms with Gasteiger partial charge in [0.2, 0.25) is 0 Å². The molecule has 0 fully saturated rings. The molecule has 0 aromatic carbocycles. The van der Waals surface area contributed by atoms with Crippen LogP contribution < -0.4 is 5.32 Å². The molecule has 1 aromatic rings. The molecule has 4 heteroatoms. The summed E-state index contributed by atoms with van der Waals surface area (Å²) >= 11 is 0. The Labute approximate surface area is 82.3 Å². The van der Waals surface area contributed by atoms with Gasteiger partial charge in [-0.1, -0.05) is 6.07 Å². The number of hydrogen-bond acceptors (Lipinski definition) is 3. The fourth-order valence-electron chi connectivity index (χ4n) is 0.976. The van der Waals surface area contributed by atoms with E-state index in [1.807, 2.05) is 12.1 Å². The summed E-state index contributed by atoms with van der Waals surface area (Å²) in [6.45, 7) is 0.704. The molecule has 4 nitrogen and oxygen atoms in total. The molecule has 1 rings (SSSR count). The van der Waals surface area contributed by atoms with Gasteiger partial charge in [-0.3, -0.25) is 4.98 Å². The number of carboxylic acid groups (broad SMARTS) is 1. The lowest BCUT2D eigenvalue weighted by atomic mass is 10.2. The molecule has 0 unspecified atom stereocenters. The van der Waals surface area contributed by atoms with E-state index in [2.05, 4.69) is 10.3 Å². The van der Waals surface area contributed by atoms with Crippen molar-refractivity contribution in [3.05, 3.63) is 42.4 Å². The number of nitrogens with zero attached hydrogens (tertiary/aromatic N) is 1. The van der Waals surface area contributed by atoms with Crippen molar-refractivity contribution in [1.29, 1.82) is 0 Å². The first-order valence-corrected chi connectivity index (χ1v) is 4.31. The first-order valence-electron chi connectivity index (χ1n) is 4.31. The van der Waals surface area contributed by atoms with E-state index in [0.29, 0.717) is 6.54 Å². The quantitative estimate of drug-likeness (QED) is 0.535. The second-order valence-electron chi connectivity index (χ2n) is 2.74. The second kappa shape index (κ2) is 5.75. The number of aromatic nitrogens is 1. The van der Waals surface area contributed by atoms with E-state index >= 15 is 0 Å². The lowest BCUT2D eigenvalue weighted by Gasteiger charge is -1.99. The van der Waals surface area contributed by atoms with E-state index in [0.717, 1.165) is 18.1 Å². The number of pyridine rings is 1. The first kappa shape index (κ1) is 10.2. The molecule has 0 aliphatic carbocycles. The highest BCUT2D eigenvalue weighted by atomic mass is 16.4. The second-order valence-corrected chi connectivity index (χ2v) is 2.74. The molecule has 0 aliphatic heterocycles. The third kappa shape index (κ3) is 4.25. The van der Waals surface area contributed by atoms with Crippen molar-refractivity contribution in [1.82, 2.24) is 10.3 Å². The van der Waals surface area contributed by atoms with Gasteiger partial charge in [-0.2, -0.15) is 0 Å². The van der Waals surface area contributed by atoms with Gasteiger partial charge in [-0.15, -0.1) is 0 Å². The van der Waals surface area contributed by atoms with Crippen molar-refractivity contribution in [2.45, 2.75) is 6.42 Å². The van der Waals surface area contributed by atoms with Crippen molar-refractivity contribution in [3.8, 4) is 0 Å². The van der Waals surface area contributed by atoms with E-state index in [1.54, 1.807) is 12.4 Å². The van der Waals surface area contributed by atoms with Gasteiger partial charge in [-0.05, 0) is 18.1 Å². The van der Waals surface area contributed by atoms with Crippen molar-refractivity contribution in [3.63, 3.8) is 0 Å². The molecule has 0 saturated carbocycles. The Bertz CT molecular complexity index is 309. The number of carbonyl (C=O) groups is 1. The highest BCUT2D eigenvalue weighted by molar-refractivity contribution is 5.79. The number of nitrogens with one attached hydrogen (secondary N) is 1. The minimum atomic E-state index is -0.945. The van der Waals surface area contributed by atoms with Gasteiger partial charge in [-0.25, -0.2) is 4.79 Å². The predicted molar refractivity (Wildman–Crippen MR) is 52.7 cm³/mol. The molecule has 0 bridgehead atoms. The van der Waals surface area contributed by atoms with Gasteiger partial charge >= 0.3 is 5.97 Å². The minimum Gasteiger partial charge on any atom is -0.478 e. The summed E-state index contributed by atoms with van der Waals surface area (Å²) in [4.78, 5) is 14.1. The average Bonchev–Trinajstić information content (AvgIpc) is 2.18. The maximum atomic E-state index is 10.1.